The molecule has 0 aliphatic carbocycles. The molecule has 0 spiro atoms. The third kappa shape index (κ3) is 2.27. The Kier molecular flexibility index (Phi) is 3.89. The SMILES string of the molecule is CNC(=O)[C@]1(c2cnccn2)CCCN1Cc1nccn1C. The molecule has 1 N–H and O–H groups in total. The topological polar surface area (TPSA) is 75.9 Å². The number of hydrogen-bond donors (Lipinski definition) is 1. The van der Waals surface area contributed by atoms with E-state index in [2.05, 4.69) is 25.2 Å². The van der Waals surface area contributed by atoms with Crippen LogP contribution in [0.1, 0.15) is 24.4 Å². The van der Waals surface area contributed by atoms with Crippen molar-refractivity contribution < 1.29 is 4.79 Å². The van der Waals surface area contributed by atoms with Gasteiger partial charge in [-0.15, -0.1) is 0 Å². The monoisotopic (exact) mass is 300 g/mol. The first-order chi connectivity index (χ1) is 10.7. The van der Waals surface area contributed by atoms with Gasteiger partial charge in [0.2, 0.25) is 5.91 Å². The number of hydrogen-bond acceptors (Lipinski definition) is 5. The second-order valence-corrected chi connectivity index (χ2v) is 5.51. The standard InChI is InChI=1S/C15H20N6O/c1-16-14(22)15(12-10-17-5-6-18-12)4-3-8-21(15)11-13-19-7-9-20(13)2/h5-7,9-10H,3-4,8,11H2,1-2H3,(H,16,22)/t15-/m1/s1. The Morgan fingerprint density at radius 1 is 1.36 bits per heavy atom. The number of imidazole rings is 1. The molecule has 1 fully saturated rings. The minimum Gasteiger partial charge on any atom is -0.357 e. The molecule has 2 aromatic rings. The van der Waals surface area contributed by atoms with Crippen LogP contribution < -0.4 is 5.32 Å². The van der Waals surface area contributed by atoms with E-state index in [1.54, 1.807) is 31.8 Å². The highest BCUT2D eigenvalue weighted by molar-refractivity contribution is 5.87. The van der Waals surface area contributed by atoms with Crippen molar-refractivity contribution in [1.29, 1.82) is 0 Å². The first-order valence-corrected chi connectivity index (χ1v) is 7.38. The van der Waals surface area contributed by atoms with E-state index in [0.717, 1.165) is 25.2 Å². The van der Waals surface area contributed by atoms with Crippen LogP contribution in [0.3, 0.4) is 0 Å². The van der Waals surface area contributed by atoms with E-state index in [9.17, 15) is 4.79 Å². The Bertz CT molecular complexity index is 655. The van der Waals surface area contributed by atoms with E-state index in [4.69, 9.17) is 0 Å². The summed E-state index contributed by atoms with van der Waals surface area (Å²) in [5, 5.41) is 2.79. The summed E-state index contributed by atoms with van der Waals surface area (Å²) in [5.74, 6) is 0.888. The van der Waals surface area contributed by atoms with Gasteiger partial charge in [0, 0.05) is 45.4 Å². The van der Waals surface area contributed by atoms with Gasteiger partial charge >= 0.3 is 0 Å². The molecular weight excluding hydrogens is 280 g/mol. The summed E-state index contributed by atoms with van der Waals surface area (Å²) in [6, 6.07) is 0. The van der Waals surface area contributed by atoms with E-state index in [1.165, 1.54) is 0 Å². The number of carbonyl (C=O) groups excluding carboxylic acids is 1. The van der Waals surface area contributed by atoms with Crippen molar-refractivity contribution in [1.82, 2.24) is 29.7 Å². The highest BCUT2D eigenvalue weighted by Crippen LogP contribution is 2.38. The molecule has 0 aromatic carbocycles. The zero-order chi connectivity index (χ0) is 15.6. The highest BCUT2D eigenvalue weighted by atomic mass is 16.2. The van der Waals surface area contributed by atoms with Gasteiger partial charge in [0.05, 0.1) is 18.4 Å². The number of carbonyl (C=O) groups is 1. The number of rotatable bonds is 4. The summed E-state index contributed by atoms with van der Waals surface area (Å²) in [7, 11) is 3.63. The van der Waals surface area contributed by atoms with Crippen molar-refractivity contribution in [3.8, 4) is 0 Å². The molecule has 22 heavy (non-hydrogen) atoms. The van der Waals surface area contributed by atoms with E-state index < -0.39 is 5.54 Å². The van der Waals surface area contributed by atoms with Gasteiger partial charge in [0.25, 0.3) is 0 Å². The van der Waals surface area contributed by atoms with Crippen molar-refractivity contribution in [3.05, 3.63) is 42.5 Å². The number of likely N-dealkylation sites (N-methyl/N-ethyl adjacent to an activating group) is 1. The third-order valence-electron chi connectivity index (χ3n) is 4.35. The average Bonchev–Trinajstić information content (AvgIpc) is 3.15. The zero-order valence-corrected chi connectivity index (χ0v) is 12.9. The molecule has 116 valence electrons. The predicted molar refractivity (Wildman–Crippen MR) is 80.6 cm³/mol. The Morgan fingerprint density at radius 2 is 2.23 bits per heavy atom. The molecule has 1 saturated heterocycles. The molecule has 0 bridgehead atoms. The summed E-state index contributed by atoms with van der Waals surface area (Å²) in [6.07, 6.45) is 10.3. The Hall–Kier alpha value is -2.28. The quantitative estimate of drug-likeness (QED) is 0.887. The van der Waals surface area contributed by atoms with Gasteiger partial charge in [0.15, 0.2) is 0 Å². The lowest BCUT2D eigenvalue weighted by Crippen LogP contribution is -2.52. The van der Waals surface area contributed by atoms with Crippen LogP contribution in [0, 0.1) is 0 Å². The van der Waals surface area contributed by atoms with Crippen LogP contribution >= 0.6 is 0 Å². The summed E-state index contributed by atoms with van der Waals surface area (Å²) < 4.78 is 1.98. The van der Waals surface area contributed by atoms with Crippen LogP contribution in [0.2, 0.25) is 0 Å². The fourth-order valence-corrected chi connectivity index (χ4v) is 3.19. The van der Waals surface area contributed by atoms with Crippen LogP contribution in [0.15, 0.2) is 31.0 Å². The smallest absolute Gasteiger partial charge is 0.246 e. The zero-order valence-electron chi connectivity index (χ0n) is 12.9. The van der Waals surface area contributed by atoms with Gasteiger partial charge in [0.1, 0.15) is 11.4 Å². The van der Waals surface area contributed by atoms with Crippen molar-refractivity contribution >= 4 is 5.91 Å². The lowest BCUT2D eigenvalue weighted by molar-refractivity contribution is -0.132. The predicted octanol–water partition coefficient (Wildman–Crippen LogP) is 0.447. The molecule has 7 heteroatoms. The van der Waals surface area contributed by atoms with Crippen molar-refractivity contribution in [3.63, 3.8) is 0 Å². The molecule has 1 amide bonds. The van der Waals surface area contributed by atoms with E-state index in [0.29, 0.717) is 12.2 Å². The van der Waals surface area contributed by atoms with Crippen LogP contribution in [0.25, 0.3) is 0 Å². The first kappa shape index (κ1) is 14.6. The maximum absolute atomic E-state index is 12.7. The Balaban J connectivity index is 2.01. The normalized spacial score (nSPS) is 21.9. The van der Waals surface area contributed by atoms with Gasteiger partial charge < -0.3 is 9.88 Å². The minimum atomic E-state index is -0.769. The lowest BCUT2D eigenvalue weighted by Gasteiger charge is -2.35. The molecule has 0 radical (unpaired) electrons. The third-order valence-corrected chi connectivity index (χ3v) is 4.35. The fourth-order valence-electron chi connectivity index (χ4n) is 3.19. The average molecular weight is 300 g/mol. The highest BCUT2D eigenvalue weighted by Gasteiger charge is 2.50. The second kappa shape index (κ2) is 5.84. The van der Waals surface area contributed by atoms with Gasteiger partial charge in [-0.05, 0) is 12.8 Å². The van der Waals surface area contributed by atoms with E-state index in [1.807, 2.05) is 17.8 Å². The molecule has 3 rings (SSSR count). The largest absolute Gasteiger partial charge is 0.357 e. The Morgan fingerprint density at radius 3 is 2.86 bits per heavy atom. The number of amides is 1. The number of nitrogens with one attached hydrogen (secondary N) is 1. The first-order valence-electron chi connectivity index (χ1n) is 7.38. The van der Waals surface area contributed by atoms with E-state index in [-0.39, 0.29) is 5.91 Å². The van der Waals surface area contributed by atoms with Crippen molar-refractivity contribution in [2.45, 2.75) is 24.9 Å². The fraction of sp³-hybridized carbons (Fsp3) is 0.467. The van der Waals surface area contributed by atoms with Crippen LogP contribution in [0.4, 0.5) is 0 Å². The molecule has 7 nitrogen and oxygen atoms in total. The summed E-state index contributed by atoms with van der Waals surface area (Å²) in [5.41, 5.74) is -0.0735. The Labute approximate surface area is 129 Å². The van der Waals surface area contributed by atoms with Crippen molar-refractivity contribution in [2.24, 2.45) is 7.05 Å². The molecular formula is C15H20N6O. The molecule has 2 aromatic heterocycles. The number of nitrogens with zero attached hydrogens (tertiary/aromatic N) is 5. The maximum atomic E-state index is 12.7. The summed E-state index contributed by atoms with van der Waals surface area (Å²) in [4.78, 5) is 27.8. The van der Waals surface area contributed by atoms with Crippen LogP contribution in [0.5, 0.6) is 0 Å². The second-order valence-electron chi connectivity index (χ2n) is 5.51. The number of aromatic nitrogens is 4. The molecule has 0 saturated carbocycles. The maximum Gasteiger partial charge on any atom is 0.246 e. The van der Waals surface area contributed by atoms with Crippen LogP contribution in [-0.2, 0) is 23.9 Å². The van der Waals surface area contributed by atoms with Gasteiger partial charge in [-0.3, -0.25) is 19.7 Å². The van der Waals surface area contributed by atoms with Crippen LogP contribution in [-0.4, -0.2) is 43.9 Å². The molecule has 3 heterocycles. The molecule has 1 atom stereocenters. The number of likely N-dealkylation sites (tertiary alicyclic amines) is 1. The van der Waals surface area contributed by atoms with Gasteiger partial charge in [-0.2, -0.15) is 0 Å². The molecule has 1 aliphatic heterocycles. The number of aryl methyl sites for hydroxylation is 1. The molecule has 1 aliphatic rings. The van der Waals surface area contributed by atoms with Crippen molar-refractivity contribution in [2.75, 3.05) is 13.6 Å². The van der Waals surface area contributed by atoms with E-state index >= 15 is 0 Å². The van der Waals surface area contributed by atoms with Gasteiger partial charge in [-0.1, -0.05) is 0 Å². The van der Waals surface area contributed by atoms with Gasteiger partial charge in [-0.25, -0.2) is 4.98 Å². The summed E-state index contributed by atoms with van der Waals surface area (Å²) in [6.45, 7) is 1.43. The summed E-state index contributed by atoms with van der Waals surface area (Å²) >= 11 is 0. The minimum absolute atomic E-state index is 0.0419. The molecule has 0 unspecified atom stereocenters. The lowest BCUT2D eigenvalue weighted by atomic mass is 9.90.